The molecule has 0 saturated heterocycles. The topological polar surface area (TPSA) is 181 Å². The number of urea groups is 2. The molecule has 4 N–H and O–H groups in total. The summed E-state index contributed by atoms with van der Waals surface area (Å²) < 4.78 is 81.4. The van der Waals surface area contributed by atoms with Gasteiger partial charge in [-0.05, 0) is 84.6 Å². The highest BCUT2D eigenvalue weighted by molar-refractivity contribution is 6.01. The number of carbonyl (C=O) groups is 2. The van der Waals surface area contributed by atoms with Crippen LogP contribution in [0.25, 0.3) is 0 Å². The molecule has 0 saturated carbocycles. The van der Waals surface area contributed by atoms with Crippen LogP contribution in [-0.4, -0.2) is 26.9 Å². The molecule has 0 aliphatic heterocycles. The summed E-state index contributed by atoms with van der Waals surface area (Å²) in [6.45, 7) is 0. The van der Waals surface area contributed by atoms with E-state index in [-0.39, 0.29) is 56.6 Å². The van der Waals surface area contributed by atoms with Gasteiger partial charge in [-0.15, -0.1) is 0 Å². The molecule has 0 aliphatic carbocycles. The van der Waals surface area contributed by atoms with Crippen LogP contribution in [0.3, 0.4) is 0 Å². The van der Waals surface area contributed by atoms with Gasteiger partial charge in [-0.1, -0.05) is 17.9 Å². The van der Waals surface area contributed by atoms with Crippen molar-refractivity contribution in [3.05, 3.63) is 157 Å². The standard InChI is InChI=1S/C37H21F6N7O6/c38-36(39,40)24-6-18-32(47-34(51)45-28-10-14-30(15-11-28)49(53)54)22(20-24)4-8-26-2-1-3-27(44-26)9-5-23-21-25(37(41,42)43)7-19-33(23)48-35(52)46-29-12-16-31(17-13-29)50(55)56/h1-3,6-7,10-21H,(H2,45,47,51)(H2,46,48,52). The van der Waals surface area contributed by atoms with Crippen molar-refractivity contribution >= 4 is 46.2 Å². The second-order valence-corrected chi connectivity index (χ2v) is 11.2. The first-order valence-electron chi connectivity index (χ1n) is 15.5. The third-order valence-corrected chi connectivity index (χ3v) is 7.26. The number of nitro groups is 2. The Morgan fingerprint density at radius 2 is 0.911 bits per heavy atom. The van der Waals surface area contributed by atoms with Crippen LogP contribution in [0.5, 0.6) is 0 Å². The Morgan fingerprint density at radius 3 is 1.25 bits per heavy atom. The quantitative estimate of drug-likeness (QED) is 0.0575. The molecule has 1 heterocycles. The number of nitrogens with one attached hydrogen (secondary N) is 4. The molecule has 19 heteroatoms. The average Bonchev–Trinajstić information content (AvgIpc) is 3.13. The molecule has 0 bridgehead atoms. The molecule has 5 aromatic rings. The lowest BCUT2D eigenvalue weighted by Crippen LogP contribution is -2.20. The van der Waals surface area contributed by atoms with Gasteiger partial charge < -0.3 is 21.3 Å². The maximum atomic E-state index is 13.6. The van der Waals surface area contributed by atoms with Gasteiger partial charge in [0.2, 0.25) is 0 Å². The smallest absolute Gasteiger partial charge is 0.308 e. The van der Waals surface area contributed by atoms with Gasteiger partial charge in [0, 0.05) is 46.8 Å². The van der Waals surface area contributed by atoms with E-state index in [4.69, 9.17) is 0 Å². The minimum Gasteiger partial charge on any atom is -0.308 e. The van der Waals surface area contributed by atoms with Crippen LogP contribution in [0.15, 0.2) is 103 Å². The molecule has 4 amide bonds. The minimum atomic E-state index is -4.77. The van der Waals surface area contributed by atoms with Crippen molar-refractivity contribution in [1.29, 1.82) is 0 Å². The number of nitrogens with zero attached hydrogens (tertiary/aromatic N) is 3. The molecule has 0 unspecified atom stereocenters. The van der Waals surface area contributed by atoms with E-state index in [1.165, 1.54) is 42.5 Å². The summed E-state index contributed by atoms with van der Waals surface area (Å²) in [5.41, 5.74) is -3.22. The van der Waals surface area contributed by atoms with Crippen LogP contribution in [-0.2, 0) is 12.4 Å². The number of halogens is 6. The first kappa shape index (κ1) is 39.3. The van der Waals surface area contributed by atoms with Gasteiger partial charge >= 0.3 is 24.4 Å². The van der Waals surface area contributed by atoms with Crippen LogP contribution in [0, 0.1) is 43.9 Å². The van der Waals surface area contributed by atoms with Gasteiger partial charge in [-0.2, -0.15) is 26.3 Å². The summed E-state index contributed by atoms with van der Waals surface area (Å²) in [7, 11) is 0. The van der Waals surface area contributed by atoms with Crippen molar-refractivity contribution in [2.45, 2.75) is 12.4 Å². The number of benzene rings is 4. The summed E-state index contributed by atoms with van der Waals surface area (Å²) in [5.74, 6) is 10.2. The Balaban J connectivity index is 1.39. The van der Waals surface area contributed by atoms with Crippen molar-refractivity contribution in [2.24, 2.45) is 0 Å². The molecule has 0 radical (unpaired) electrons. The Bertz CT molecular complexity index is 2300. The molecule has 4 aromatic carbocycles. The van der Waals surface area contributed by atoms with Gasteiger partial charge in [0.05, 0.1) is 32.3 Å². The molecule has 1 aromatic heterocycles. The lowest BCUT2D eigenvalue weighted by atomic mass is 10.1. The van der Waals surface area contributed by atoms with Crippen LogP contribution < -0.4 is 21.3 Å². The van der Waals surface area contributed by atoms with E-state index in [1.54, 1.807) is 0 Å². The van der Waals surface area contributed by atoms with E-state index >= 15 is 0 Å². The number of hydrogen-bond acceptors (Lipinski definition) is 7. The van der Waals surface area contributed by atoms with Crippen molar-refractivity contribution in [3.8, 4) is 23.7 Å². The number of rotatable bonds is 6. The zero-order valence-electron chi connectivity index (χ0n) is 27.9. The van der Waals surface area contributed by atoms with Gasteiger partial charge in [0.15, 0.2) is 0 Å². The van der Waals surface area contributed by atoms with E-state index in [0.717, 1.165) is 48.5 Å². The Hall–Kier alpha value is -7.93. The summed E-state index contributed by atoms with van der Waals surface area (Å²) in [6.07, 6.45) is -9.54. The third-order valence-electron chi connectivity index (χ3n) is 7.26. The van der Waals surface area contributed by atoms with E-state index in [0.29, 0.717) is 12.1 Å². The first-order chi connectivity index (χ1) is 26.4. The zero-order chi connectivity index (χ0) is 40.6. The first-order valence-corrected chi connectivity index (χ1v) is 15.5. The van der Waals surface area contributed by atoms with E-state index < -0.39 is 45.4 Å². The fraction of sp³-hybridized carbons (Fsp3) is 0.0541. The number of nitro benzene ring substituents is 2. The molecule has 0 spiro atoms. The number of pyridine rings is 1. The number of anilines is 4. The molecule has 13 nitrogen and oxygen atoms in total. The molecule has 5 rings (SSSR count). The fourth-order valence-corrected chi connectivity index (χ4v) is 4.60. The summed E-state index contributed by atoms with van der Waals surface area (Å²) in [5, 5.41) is 31.3. The summed E-state index contributed by atoms with van der Waals surface area (Å²) >= 11 is 0. The van der Waals surface area contributed by atoms with Gasteiger partial charge in [0.25, 0.3) is 11.4 Å². The maximum Gasteiger partial charge on any atom is 0.416 e. The van der Waals surface area contributed by atoms with Crippen molar-refractivity contribution in [2.75, 3.05) is 21.3 Å². The van der Waals surface area contributed by atoms with E-state index in [1.807, 2.05) is 0 Å². The van der Waals surface area contributed by atoms with Crippen molar-refractivity contribution in [1.82, 2.24) is 4.98 Å². The van der Waals surface area contributed by atoms with Crippen molar-refractivity contribution in [3.63, 3.8) is 0 Å². The lowest BCUT2D eigenvalue weighted by molar-refractivity contribution is -0.385. The highest BCUT2D eigenvalue weighted by atomic mass is 19.4. The maximum absolute atomic E-state index is 13.6. The molecule has 282 valence electrons. The number of amides is 4. The second-order valence-electron chi connectivity index (χ2n) is 11.2. The van der Waals surface area contributed by atoms with Gasteiger partial charge in [-0.25, -0.2) is 14.6 Å². The summed E-state index contributed by atoms with van der Waals surface area (Å²) in [6, 6.07) is 16.7. The largest absolute Gasteiger partial charge is 0.416 e. The van der Waals surface area contributed by atoms with Crippen LogP contribution in [0.4, 0.5) is 70.1 Å². The van der Waals surface area contributed by atoms with Gasteiger partial charge in [-0.3, -0.25) is 20.2 Å². The number of aromatic nitrogens is 1. The predicted molar refractivity (Wildman–Crippen MR) is 191 cm³/mol. The Labute approximate surface area is 311 Å². The second kappa shape index (κ2) is 16.4. The normalized spacial score (nSPS) is 10.8. The Kier molecular flexibility index (Phi) is 11.5. The number of hydrogen-bond donors (Lipinski definition) is 4. The van der Waals surface area contributed by atoms with E-state index in [9.17, 15) is 56.2 Å². The number of non-ortho nitro benzene ring substituents is 2. The fourth-order valence-electron chi connectivity index (χ4n) is 4.60. The Morgan fingerprint density at radius 1 is 0.536 bits per heavy atom. The monoisotopic (exact) mass is 773 g/mol. The van der Waals surface area contributed by atoms with Crippen molar-refractivity contribution < 1.29 is 45.8 Å². The molecular formula is C37H21F6N7O6. The molecule has 56 heavy (non-hydrogen) atoms. The third kappa shape index (κ3) is 10.6. The van der Waals surface area contributed by atoms with Crippen LogP contribution >= 0.6 is 0 Å². The SMILES string of the molecule is O=C(Nc1ccc([N+](=O)[O-])cc1)Nc1ccc(C(F)(F)F)cc1C#Cc1cccc(C#Cc2cc(C(F)(F)F)ccc2NC(=O)Nc2ccc([N+](=O)[O-])cc2)n1. The number of alkyl halides is 6. The highest BCUT2D eigenvalue weighted by Crippen LogP contribution is 2.33. The molecular weight excluding hydrogens is 752 g/mol. The molecule has 0 fully saturated rings. The van der Waals surface area contributed by atoms with Crippen LogP contribution in [0.1, 0.15) is 33.6 Å². The predicted octanol–water partition coefficient (Wildman–Crippen LogP) is 9.02. The molecule has 0 atom stereocenters. The van der Waals surface area contributed by atoms with Crippen LogP contribution in [0.2, 0.25) is 0 Å². The highest BCUT2D eigenvalue weighted by Gasteiger charge is 2.32. The summed E-state index contributed by atoms with van der Waals surface area (Å²) in [4.78, 5) is 50.0. The lowest BCUT2D eigenvalue weighted by Gasteiger charge is -2.12. The zero-order valence-corrected chi connectivity index (χ0v) is 27.9. The number of carbonyl (C=O) groups excluding carboxylic acids is 2. The van der Waals surface area contributed by atoms with E-state index in [2.05, 4.69) is 49.9 Å². The van der Waals surface area contributed by atoms with Gasteiger partial charge in [0.1, 0.15) is 11.4 Å². The minimum absolute atomic E-state index is 0.0274. The molecule has 0 aliphatic rings. The average molecular weight is 774 g/mol.